The molecule has 0 aliphatic carbocycles. The standard InChI is InChI=1S/C7H6As2/c1-5-2-3-6(8)7(9)4-5/h2-4H,1H3. The van der Waals surface area contributed by atoms with Crippen LogP contribution in [-0.2, 0) is 0 Å². The molecule has 0 aromatic heterocycles. The SMILES string of the molecule is Cc1ccc([As])c([As])c1. The Morgan fingerprint density at radius 2 is 1.78 bits per heavy atom. The molecule has 0 heterocycles. The Morgan fingerprint density at radius 1 is 1.11 bits per heavy atom. The Morgan fingerprint density at radius 3 is 2.22 bits per heavy atom. The van der Waals surface area contributed by atoms with Crippen LogP contribution < -0.4 is 8.70 Å². The molecule has 4 radical (unpaired) electrons. The van der Waals surface area contributed by atoms with Crippen molar-refractivity contribution in [3.63, 3.8) is 0 Å². The summed E-state index contributed by atoms with van der Waals surface area (Å²) in [4.78, 5) is 0. The van der Waals surface area contributed by atoms with Crippen molar-refractivity contribution < 1.29 is 0 Å². The molecule has 0 nitrogen and oxygen atoms in total. The number of benzene rings is 1. The number of hydrogen-bond donors (Lipinski definition) is 0. The zero-order valence-electron chi connectivity index (χ0n) is 5.13. The van der Waals surface area contributed by atoms with Crippen molar-refractivity contribution in [3.8, 4) is 0 Å². The van der Waals surface area contributed by atoms with Crippen LogP contribution in [0.2, 0.25) is 0 Å². The van der Waals surface area contributed by atoms with Crippen LogP contribution in [0.15, 0.2) is 18.2 Å². The summed E-state index contributed by atoms with van der Waals surface area (Å²) >= 11 is 5.11. The van der Waals surface area contributed by atoms with Crippen molar-refractivity contribution >= 4 is 42.4 Å². The Bertz CT molecular complexity index is 218. The summed E-state index contributed by atoms with van der Waals surface area (Å²) in [5.74, 6) is 0. The molecule has 0 unspecified atom stereocenters. The summed E-state index contributed by atoms with van der Waals surface area (Å²) in [5.41, 5.74) is 1.32. The molecule has 0 saturated heterocycles. The summed E-state index contributed by atoms with van der Waals surface area (Å²) < 4.78 is 2.58. The van der Waals surface area contributed by atoms with E-state index in [-0.39, 0.29) is 0 Å². The first-order chi connectivity index (χ1) is 4.20. The third-order valence-corrected chi connectivity index (χ3v) is 3.56. The van der Waals surface area contributed by atoms with Gasteiger partial charge in [-0.2, -0.15) is 0 Å². The minimum absolute atomic E-state index is 1.29. The maximum absolute atomic E-state index is 2.56. The predicted octanol–water partition coefficient (Wildman–Crippen LogP) is -0.417. The first-order valence-corrected chi connectivity index (χ1v) is 4.56. The van der Waals surface area contributed by atoms with Crippen LogP contribution in [0.5, 0.6) is 0 Å². The van der Waals surface area contributed by atoms with Gasteiger partial charge in [0.2, 0.25) is 0 Å². The van der Waals surface area contributed by atoms with Gasteiger partial charge in [-0.1, -0.05) is 0 Å². The van der Waals surface area contributed by atoms with Gasteiger partial charge >= 0.3 is 73.1 Å². The van der Waals surface area contributed by atoms with Crippen LogP contribution >= 0.6 is 0 Å². The van der Waals surface area contributed by atoms with Crippen LogP contribution in [0.25, 0.3) is 0 Å². The first-order valence-electron chi connectivity index (χ1n) is 2.69. The molecule has 0 fully saturated rings. The zero-order valence-corrected chi connectivity index (χ0v) is 8.88. The predicted molar refractivity (Wildman–Crippen MR) is 42.0 cm³/mol. The normalized spacial score (nSPS) is 9.67. The fourth-order valence-electron chi connectivity index (χ4n) is 0.633. The van der Waals surface area contributed by atoms with E-state index >= 15 is 0 Å². The van der Waals surface area contributed by atoms with E-state index in [4.69, 9.17) is 0 Å². The van der Waals surface area contributed by atoms with Crippen molar-refractivity contribution in [1.29, 1.82) is 0 Å². The quantitative estimate of drug-likeness (QED) is 0.540. The van der Waals surface area contributed by atoms with E-state index in [2.05, 4.69) is 58.8 Å². The van der Waals surface area contributed by atoms with E-state index in [1.165, 1.54) is 14.3 Å². The van der Waals surface area contributed by atoms with Gasteiger partial charge in [0, 0.05) is 0 Å². The summed E-state index contributed by atoms with van der Waals surface area (Å²) in [7, 11) is 0. The van der Waals surface area contributed by atoms with Crippen molar-refractivity contribution in [2.24, 2.45) is 0 Å². The summed E-state index contributed by atoms with van der Waals surface area (Å²) in [5, 5.41) is 0. The number of aryl methyl sites for hydroxylation is 1. The third kappa shape index (κ3) is 1.88. The van der Waals surface area contributed by atoms with Gasteiger partial charge in [0.1, 0.15) is 0 Å². The molecule has 0 atom stereocenters. The molecule has 44 valence electrons. The van der Waals surface area contributed by atoms with E-state index in [9.17, 15) is 0 Å². The minimum atomic E-state index is 1.29. The van der Waals surface area contributed by atoms with Crippen LogP contribution in [-0.4, -0.2) is 33.7 Å². The van der Waals surface area contributed by atoms with Gasteiger partial charge in [-0.15, -0.1) is 0 Å². The number of hydrogen-bond acceptors (Lipinski definition) is 0. The van der Waals surface area contributed by atoms with Crippen LogP contribution in [0.1, 0.15) is 5.56 Å². The second-order valence-electron chi connectivity index (χ2n) is 1.99. The molecule has 9 heavy (non-hydrogen) atoms. The number of rotatable bonds is 0. The zero-order chi connectivity index (χ0) is 6.85. The van der Waals surface area contributed by atoms with Gasteiger partial charge in [-0.05, 0) is 0 Å². The summed E-state index contributed by atoms with van der Waals surface area (Å²) in [6, 6.07) is 6.39. The van der Waals surface area contributed by atoms with Gasteiger partial charge in [0.05, 0.1) is 0 Å². The summed E-state index contributed by atoms with van der Waals surface area (Å²) in [6.45, 7) is 2.10. The molecule has 0 spiro atoms. The molecule has 0 saturated carbocycles. The molecular formula is C7H6As2. The Kier molecular flexibility index (Phi) is 2.44. The van der Waals surface area contributed by atoms with Gasteiger partial charge in [0.25, 0.3) is 0 Å². The second-order valence-corrected chi connectivity index (χ2v) is 4.01. The fourth-order valence-corrected chi connectivity index (χ4v) is 1.51. The van der Waals surface area contributed by atoms with E-state index < -0.39 is 0 Å². The van der Waals surface area contributed by atoms with Gasteiger partial charge in [-0.3, -0.25) is 0 Å². The molecular weight excluding hydrogens is 234 g/mol. The van der Waals surface area contributed by atoms with Crippen LogP contribution in [0.4, 0.5) is 0 Å². The molecule has 1 rings (SSSR count). The van der Waals surface area contributed by atoms with Crippen LogP contribution in [0, 0.1) is 6.92 Å². The van der Waals surface area contributed by atoms with Gasteiger partial charge in [-0.25, -0.2) is 0 Å². The Balaban J connectivity index is 3.17. The molecule has 0 aliphatic rings. The van der Waals surface area contributed by atoms with Crippen molar-refractivity contribution in [2.75, 3.05) is 0 Å². The van der Waals surface area contributed by atoms with E-state index in [1.54, 1.807) is 0 Å². The van der Waals surface area contributed by atoms with Crippen molar-refractivity contribution in [1.82, 2.24) is 0 Å². The third-order valence-electron chi connectivity index (χ3n) is 1.13. The Hall–Kier alpha value is 0.337. The van der Waals surface area contributed by atoms with Gasteiger partial charge < -0.3 is 0 Å². The molecule has 0 amide bonds. The van der Waals surface area contributed by atoms with Gasteiger partial charge in [0.15, 0.2) is 0 Å². The molecule has 0 bridgehead atoms. The average Bonchev–Trinajstić information content (AvgIpc) is 1.80. The Labute approximate surface area is 73.0 Å². The molecule has 0 N–H and O–H groups in total. The van der Waals surface area contributed by atoms with E-state index in [1.807, 2.05) is 0 Å². The molecule has 2 heteroatoms. The topological polar surface area (TPSA) is 0 Å². The molecule has 0 aliphatic heterocycles. The summed E-state index contributed by atoms with van der Waals surface area (Å²) in [6.07, 6.45) is 0. The second kappa shape index (κ2) is 2.95. The molecule has 1 aromatic rings. The monoisotopic (exact) mass is 240 g/mol. The van der Waals surface area contributed by atoms with E-state index in [0.717, 1.165) is 0 Å². The van der Waals surface area contributed by atoms with Crippen molar-refractivity contribution in [2.45, 2.75) is 6.92 Å². The fraction of sp³-hybridized carbons (Fsp3) is 0.143. The maximum atomic E-state index is 2.56. The van der Waals surface area contributed by atoms with E-state index in [0.29, 0.717) is 0 Å². The molecule has 1 aromatic carbocycles. The van der Waals surface area contributed by atoms with Crippen molar-refractivity contribution in [3.05, 3.63) is 23.8 Å². The van der Waals surface area contributed by atoms with Crippen LogP contribution in [0.3, 0.4) is 0 Å². The average molecular weight is 240 g/mol. The first kappa shape index (κ1) is 7.44.